The van der Waals surface area contributed by atoms with Gasteiger partial charge in [-0.2, -0.15) is 0 Å². The van der Waals surface area contributed by atoms with E-state index in [-0.39, 0.29) is 0 Å². The van der Waals surface area contributed by atoms with Gasteiger partial charge >= 0.3 is 0 Å². The van der Waals surface area contributed by atoms with Gasteiger partial charge in [0.1, 0.15) is 0 Å². The van der Waals surface area contributed by atoms with Crippen molar-refractivity contribution >= 4 is 32.3 Å². The van der Waals surface area contributed by atoms with Crippen LogP contribution in [0.4, 0.5) is 0 Å². The Balaban J connectivity index is 2.50. The van der Waals surface area contributed by atoms with Crippen LogP contribution in [0.5, 0.6) is 0 Å². The third-order valence-corrected chi connectivity index (χ3v) is 4.67. The molecule has 0 radical (unpaired) electrons. The Bertz CT molecular complexity index is 892. The fraction of sp³-hybridized carbons (Fsp3) is 0.200. The van der Waals surface area contributed by atoms with Gasteiger partial charge in [-0.15, -0.1) is 0 Å². The van der Waals surface area contributed by atoms with Crippen LogP contribution in [0.25, 0.3) is 32.3 Å². The zero-order chi connectivity index (χ0) is 14.0. The first-order chi connectivity index (χ1) is 9.58. The van der Waals surface area contributed by atoms with Crippen molar-refractivity contribution in [1.29, 1.82) is 0 Å². The standard InChI is InChI=1S/C20H18/c1-11-5-7-15-10-14(4)18-12(2)6-8-16-9-13(3)17(11)19(15)20(16)18/h5-10H,1-4H3. The number of rotatable bonds is 0. The Kier molecular flexibility index (Phi) is 2.18. The van der Waals surface area contributed by atoms with Crippen LogP contribution in [0.1, 0.15) is 22.3 Å². The fourth-order valence-electron chi connectivity index (χ4n) is 3.85. The third-order valence-electron chi connectivity index (χ3n) is 4.67. The lowest BCUT2D eigenvalue weighted by atomic mass is 9.86. The van der Waals surface area contributed by atoms with Crippen LogP contribution in [0.2, 0.25) is 0 Å². The molecule has 0 heteroatoms. The molecular formula is C20H18. The molecule has 0 N–H and O–H groups in total. The molecule has 4 aromatic carbocycles. The van der Waals surface area contributed by atoms with Crippen molar-refractivity contribution in [2.45, 2.75) is 27.7 Å². The van der Waals surface area contributed by atoms with Crippen LogP contribution in [-0.2, 0) is 0 Å². The zero-order valence-electron chi connectivity index (χ0n) is 12.5. The summed E-state index contributed by atoms with van der Waals surface area (Å²) in [6.45, 7) is 8.91. The summed E-state index contributed by atoms with van der Waals surface area (Å²) in [5.74, 6) is 0. The van der Waals surface area contributed by atoms with Gasteiger partial charge in [0.25, 0.3) is 0 Å². The van der Waals surface area contributed by atoms with Gasteiger partial charge in [0.15, 0.2) is 0 Å². The molecule has 0 aliphatic rings. The average Bonchev–Trinajstić information content (AvgIpc) is 2.41. The van der Waals surface area contributed by atoms with E-state index in [2.05, 4.69) is 64.1 Å². The molecule has 4 rings (SSSR count). The zero-order valence-corrected chi connectivity index (χ0v) is 12.5. The summed E-state index contributed by atoms with van der Waals surface area (Å²) in [7, 11) is 0. The predicted molar refractivity (Wildman–Crippen MR) is 89.1 cm³/mol. The van der Waals surface area contributed by atoms with Crippen LogP contribution in [0, 0.1) is 27.7 Å². The predicted octanol–water partition coefficient (Wildman–Crippen LogP) is 5.82. The van der Waals surface area contributed by atoms with Crippen molar-refractivity contribution in [2.24, 2.45) is 0 Å². The lowest BCUT2D eigenvalue weighted by Crippen LogP contribution is -1.92. The van der Waals surface area contributed by atoms with Crippen molar-refractivity contribution in [1.82, 2.24) is 0 Å². The molecular weight excluding hydrogens is 240 g/mol. The summed E-state index contributed by atoms with van der Waals surface area (Å²) >= 11 is 0. The van der Waals surface area contributed by atoms with Crippen molar-refractivity contribution in [3.63, 3.8) is 0 Å². The van der Waals surface area contributed by atoms with E-state index >= 15 is 0 Å². The molecule has 0 aromatic heterocycles. The number of hydrogen-bond acceptors (Lipinski definition) is 0. The smallest absolute Gasteiger partial charge is 0.00212 e. The normalized spacial score (nSPS) is 12.0. The molecule has 0 heterocycles. The van der Waals surface area contributed by atoms with E-state index in [0.29, 0.717) is 0 Å². The maximum absolute atomic E-state index is 2.34. The van der Waals surface area contributed by atoms with Crippen LogP contribution in [0.3, 0.4) is 0 Å². The highest BCUT2D eigenvalue weighted by atomic mass is 14.2. The van der Waals surface area contributed by atoms with Gasteiger partial charge in [0.05, 0.1) is 0 Å². The van der Waals surface area contributed by atoms with Gasteiger partial charge in [-0.05, 0) is 82.3 Å². The molecule has 0 aliphatic carbocycles. The molecule has 0 saturated carbocycles. The minimum Gasteiger partial charge on any atom is -0.0581 e. The van der Waals surface area contributed by atoms with Gasteiger partial charge in [0.2, 0.25) is 0 Å². The summed E-state index contributed by atoms with van der Waals surface area (Å²) in [5, 5.41) is 8.51. The fourth-order valence-corrected chi connectivity index (χ4v) is 3.85. The molecule has 0 spiro atoms. The summed E-state index contributed by atoms with van der Waals surface area (Å²) in [6, 6.07) is 13.7. The van der Waals surface area contributed by atoms with E-state index in [9.17, 15) is 0 Å². The van der Waals surface area contributed by atoms with E-state index in [4.69, 9.17) is 0 Å². The van der Waals surface area contributed by atoms with Gasteiger partial charge in [-0.3, -0.25) is 0 Å². The van der Waals surface area contributed by atoms with E-state index in [1.54, 1.807) is 0 Å². The molecule has 0 atom stereocenters. The van der Waals surface area contributed by atoms with E-state index in [1.165, 1.54) is 54.6 Å². The van der Waals surface area contributed by atoms with Crippen molar-refractivity contribution < 1.29 is 0 Å². The third kappa shape index (κ3) is 1.31. The highest BCUT2D eigenvalue weighted by Crippen LogP contribution is 2.40. The molecule has 98 valence electrons. The second-order valence-corrected chi connectivity index (χ2v) is 6.10. The molecule has 4 aromatic rings. The van der Waals surface area contributed by atoms with Crippen LogP contribution in [-0.4, -0.2) is 0 Å². The summed E-state index contributed by atoms with van der Waals surface area (Å²) < 4.78 is 0. The van der Waals surface area contributed by atoms with Gasteiger partial charge < -0.3 is 0 Å². The van der Waals surface area contributed by atoms with E-state index < -0.39 is 0 Å². The Morgan fingerprint density at radius 3 is 1.25 bits per heavy atom. The van der Waals surface area contributed by atoms with Gasteiger partial charge in [-0.1, -0.05) is 36.4 Å². The maximum atomic E-state index is 2.34. The highest BCUT2D eigenvalue weighted by molar-refractivity contribution is 6.25. The number of benzene rings is 4. The number of aryl methyl sites for hydroxylation is 4. The SMILES string of the molecule is Cc1ccc2cc(C)c3c(C)ccc4cc(C)c1c2c43. The molecule has 0 saturated heterocycles. The molecule has 0 fully saturated rings. The van der Waals surface area contributed by atoms with Crippen molar-refractivity contribution in [2.75, 3.05) is 0 Å². The first kappa shape index (κ1) is 11.7. The molecule has 20 heavy (non-hydrogen) atoms. The largest absolute Gasteiger partial charge is 0.0581 e. The lowest BCUT2D eigenvalue weighted by Gasteiger charge is -2.17. The first-order valence-electron chi connectivity index (χ1n) is 7.23. The maximum Gasteiger partial charge on any atom is -0.00212 e. The molecule has 0 bridgehead atoms. The Hall–Kier alpha value is -2.08. The average molecular weight is 258 g/mol. The highest BCUT2D eigenvalue weighted by Gasteiger charge is 2.14. The Morgan fingerprint density at radius 2 is 0.850 bits per heavy atom. The van der Waals surface area contributed by atoms with Gasteiger partial charge in [0, 0.05) is 0 Å². The quantitative estimate of drug-likeness (QED) is 0.349. The molecule has 0 nitrogen and oxygen atoms in total. The minimum absolute atomic E-state index is 1.37. The van der Waals surface area contributed by atoms with E-state index in [1.807, 2.05) is 0 Å². The van der Waals surface area contributed by atoms with Crippen LogP contribution >= 0.6 is 0 Å². The lowest BCUT2D eigenvalue weighted by molar-refractivity contribution is 1.45. The van der Waals surface area contributed by atoms with E-state index in [0.717, 1.165) is 0 Å². The monoisotopic (exact) mass is 258 g/mol. The second-order valence-electron chi connectivity index (χ2n) is 6.10. The second kappa shape index (κ2) is 3.73. The topological polar surface area (TPSA) is 0 Å². The first-order valence-corrected chi connectivity index (χ1v) is 7.23. The minimum atomic E-state index is 1.37. The number of hydrogen-bond donors (Lipinski definition) is 0. The summed E-state index contributed by atoms with van der Waals surface area (Å²) in [4.78, 5) is 0. The summed E-state index contributed by atoms with van der Waals surface area (Å²) in [5.41, 5.74) is 5.52. The van der Waals surface area contributed by atoms with Gasteiger partial charge in [-0.25, -0.2) is 0 Å². The Labute approximate surface area is 119 Å². The van der Waals surface area contributed by atoms with Crippen LogP contribution in [0.15, 0.2) is 36.4 Å². The molecule has 0 aliphatic heterocycles. The van der Waals surface area contributed by atoms with Crippen molar-refractivity contribution in [3.05, 3.63) is 58.7 Å². The van der Waals surface area contributed by atoms with Crippen molar-refractivity contribution in [3.8, 4) is 0 Å². The molecule has 0 unspecified atom stereocenters. The van der Waals surface area contributed by atoms with Crippen LogP contribution < -0.4 is 0 Å². The Morgan fingerprint density at radius 1 is 0.450 bits per heavy atom. The molecule has 0 amide bonds. The summed E-state index contributed by atoms with van der Waals surface area (Å²) in [6.07, 6.45) is 0.